The Kier molecular flexibility index (Phi) is 5.71. The van der Waals surface area contributed by atoms with Crippen LogP contribution in [0, 0.1) is 0 Å². The molecule has 11 aromatic rings. The fourth-order valence-electron chi connectivity index (χ4n) is 7.82. The predicted molar refractivity (Wildman–Crippen MR) is 222 cm³/mol. The van der Waals surface area contributed by atoms with Crippen LogP contribution in [0.15, 0.2) is 197 Å². The Morgan fingerprint density at radius 1 is 0.396 bits per heavy atom. The Morgan fingerprint density at radius 3 is 1.91 bits per heavy atom. The van der Waals surface area contributed by atoms with E-state index in [-0.39, 0.29) is 35.4 Å². The maximum atomic E-state index is 9.70. The number of fused-ring (bicyclic) bond motifs is 9. The van der Waals surface area contributed by atoms with Crippen molar-refractivity contribution in [3.8, 4) is 22.3 Å². The summed E-state index contributed by atoms with van der Waals surface area (Å²) in [5.41, 5.74) is 7.09. The molecule has 53 heavy (non-hydrogen) atoms. The number of anilines is 3. The van der Waals surface area contributed by atoms with Crippen LogP contribution in [0.4, 0.5) is 17.1 Å². The highest BCUT2D eigenvalue weighted by Gasteiger charge is 2.21. The van der Waals surface area contributed by atoms with Crippen molar-refractivity contribution in [3.05, 3.63) is 188 Å². The van der Waals surface area contributed by atoms with Crippen LogP contribution in [0.5, 0.6) is 0 Å². The monoisotopic (exact) mass is 681 g/mol. The topological polar surface area (TPSA) is 29.5 Å². The van der Waals surface area contributed by atoms with Gasteiger partial charge in [-0.15, -0.1) is 0 Å². The fraction of sp³-hybridized carbons (Fsp3) is 0. The molecule has 0 aliphatic heterocycles. The second-order valence-electron chi connectivity index (χ2n) is 13.4. The zero-order valence-corrected chi connectivity index (χ0v) is 28.4. The van der Waals surface area contributed by atoms with Gasteiger partial charge in [-0.2, -0.15) is 0 Å². The van der Waals surface area contributed by atoms with Crippen LogP contribution in [0.2, 0.25) is 0 Å². The second-order valence-corrected chi connectivity index (χ2v) is 13.4. The van der Waals surface area contributed by atoms with Gasteiger partial charge in [0.25, 0.3) is 0 Å². The largest absolute Gasteiger partial charge is 0.456 e. The third-order valence-electron chi connectivity index (χ3n) is 10.3. The zero-order valence-electron chi connectivity index (χ0n) is 32.4. The molecular weight excluding hydrogens is 647 g/mol. The number of furan rings is 2. The number of para-hydroxylation sites is 1. The van der Waals surface area contributed by atoms with Crippen molar-refractivity contribution in [2.75, 3.05) is 4.90 Å². The standard InChI is InChI=1S/C50H31NO2/c1-2-11-36-31-37(20-19-32(36)9-1)33-21-26-38(27-22-33)51(44-15-8-18-47-49(44)43-30-25-34-10-3-4-12-41(34)50(43)53-47)39-28-23-35(24-29-39)40-14-7-17-46-48(40)42-13-5-6-16-45(42)52-46/h1-31H/i23D,24D,28D,29D. The van der Waals surface area contributed by atoms with Crippen molar-refractivity contribution >= 4 is 82.5 Å². The molecule has 248 valence electrons. The molecule has 0 bridgehead atoms. The molecule has 2 aromatic heterocycles. The normalized spacial score (nSPS) is 12.8. The van der Waals surface area contributed by atoms with E-state index < -0.39 is 0 Å². The lowest BCUT2D eigenvalue weighted by atomic mass is 9.98. The van der Waals surface area contributed by atoms with Gasteiger partial charge in [0, 0.05) is 32.9 Å². The number of rotatable bonds is 5. The van der Waals surface area contributed by atoms with E-state index in [2.05, 4.69) is 48.5 Å². The van der Waals surface area contributed by atoms with Crippen LogP contribution in [0.1, 0.15) is 5.48 Å². The molecule has 0 N–H and O–H groups in total. The van der Waals surface area contributed by atoms with Crippen molar-refractivity contribution in [3.63, 3.8) is 0 Å². The molecule has 0 fully saturated rings. The molecular formula is C50H31NO2. The Labute approximate surface area is 311 Å². The quantitative estimate of drug-likeness (QED) is 0.181. The summed E-state index contributed by atoms with van der Waals surface area (Å²) in [5.74, 6) is 0. The van der Waals surface area contributed by atoms with Crippen LogP contribution < -0.4 is 4.90 Å². The molecule has 11 rings (SSSR count). The van der Waals surface area contributed by atoms with Gasteiger partial charge in [-0.05, 0) is 99.0 Å². The van der Waals surface area contributed by atoms with Crippen LogP contribution in [-0.4, -0.2) is 0 Å². The molecule has 0 radical (unpaired) electrons. The molecule has 0 saturated carbocycles. The smallest absolute Gasteiger partial charge is 0.143 e. The molecule has 0 aliphatic rings. The molecule has 3 nitrogen and oxygen atoms in total. The lowest BCUT2D eigenvalue weighted by Crippen LogP contribution is -2.10. The van der Waals surface area contributed by atoms with Gasteiger partial charge in [0.15, 0.2) is 0 Å². The summed E-state index contributed by atoms with van der Waals surface area (Å²) in [4.78, 5) is 1.86. The Morgan fingerprint density at radius 2 is 1.06 bits per heavy atom. The van der Waals surface area contributed by atoms with Crippen LogP contribution >= 0.6 is 0 Å². The van der Waals surface area contributed by atoms with E-state index in [0.29, 0.717) is 33.7 Å². The summed E-state index contributed by atoms with van der Waals surface area (Å²) < 4.78 is 51.3. The second kappa shape index (κ2) is 11.7. The van der Waals surface area contributed by atoms with Crippen LogP contribution in [0.3, 0.4) is 0 Å². The third-order valence-corrected chi connectivity index (χ3v) is 10.3. The van der Waals surface area contributed by atoms with E-state index in [1.54, 1.807) is 0 Å². The van der Waals surface area contributed by atoms with Crippen molar-refractivity contribution in [2.24, 2.45) is 0 Å². The van der Waals surface area contributed by atoms with Gasteiger partial charge >= 0.3 is 0 Å². The van der Waals surface area contributed by atoms with Gasteiger partial charge in [0.05, 0.1) is 16.6 Å². The SMILES string of the molecule is [2H]c1c([2H])c(N(c2ccc(-c3ccc4ccccc4c3)cc2)c2cccc3oc4c5ccccc5ccc4c23)c([2H])c([2H])c1-c1cccc2oc3ccccc3c12. The number of benzene rings is 9. The zero-order chi connectivity index (χ0) is 38.4. The molecule has 0 aliphatic carbocycles. The predicted octanol–water partition coefficient (Wildman–Crippen LogP) is 14.6. The van der Waals surface area contributed by atoms with E-state index in [1.165, 1.54) is 5.39 Å². The molecule has 0 atom stereocenters. The van der Waals surface area contributed by atoms with Crippen molar-refractivity contribution in [1.29, 1.82) is 0 Å². The molecule has 0 spiro atoms. The molecule has 0 unspecified atom stereocenters. The van der Waals surface area contributed by atoms with Crippen molar-refractivity contribution < 1.29 is 14.3 Å². The third kappa shape index (κ3) is 4.75. The summed E-state index contributed by atoms with van der Waals surface area (Å²) in [7, 11) is 0. The lowest BCUT2D eigenvalue weighted by molar-refractivity contribution is 0.669. The Bertz CT molecular complexity index is 3390. The Hall–Kier alpha value is -7.10. The van der Waals surface area contributed by atoms with Gasteiger partial charge < -0.3 is 13.7 Å². The minimum atomic E-state index is -0.162. The highest BCUT2D eigenvalue weighted by atomic mass is 16.3. The van der Waals surface area contributed by atoms with E-state index >= 15 is 0 Å². The van der Waals surface area contributed by atoms with E-state index in [4.69, 9.17) is 8.83 Å². The summed E-state index contributed by atoms with van der Waals surface area (Å²) in [6.07, 6.45) is 0. The molecule has 9 aromatic carbocycles. The van der Waals surface area contributed by atoms with Crippen molar-refractivity contribution in [2.45, 2.75) is 0 Å². The minimum absolute atomic E-state index is 0.138. The van der Waals surface area contributed by atoms with E-state index in [0.717, 1.165) is 54.4 Å². The highest BCUT2D eigenvalue weighted by Crippen LogP contribution is 2.45. The van der Waals surface area contributed by atoms with Gasteiger partial charge in [0.1, 0.15) is 22.3 Å². The Balaban J connectivity index is 1.16. The first-order chi connectivity index (χ1) is 27.9. The molecule has 0 saturated heterocycles. The van der Waals surface area contributed by atoms with Crippen molar-refractivity contribution in [1.82, 2.24) is 0 Å². The summed E-state index contributed by atoms with van der Waals surface area (Å²) in [5, 5.41) is 7.67. The summed E-state index contributed by atoms with van der Waals surface area (Å²) >= 11 is 0. The highest BCUT2D eigenvalue weighted by molar-refractivity contribution is 6.19. The first-order valence-electron chi connectivity index (χ1n) is 19.7. The first-order valence-corrected chi connectivity index (χ1v) is 17.7. The van der Waals surface area contributed by atoms with Crippen LogP contribution in [0.25, 0.3) is 87.7 Å². The number of hydrogen-bond donors (Lipinski definition) is 0. The van der Waals surface area contributed by atoms with Gasteiger partial charge in [-0.25, -0.2) is 0 Å². The molecule has 3 heteroatoms. The van der Waals surface area contributed by atoms with E-state index in [9.17, 15) is 5.48 Å². The molecule has 2 heterocycles. The lowest BCUT2D eigenvalue weighted by Gasteiger charge is -2.26. The fourth-order valence-corrected chi connectivity index (χ4v) is 7.82. The summed E-state index contributed by atoms with van der Waals surface area (Å²) in [6, 6.07) is 53.4. The van der Waals surface area contributed by atoms with Gasteiger partial charge in [0.2, 0.25) is 0 Å². The maximum absolute atomic E-state index is 9.70. The first kappa shape index (κ1) is 25.8. The number of hydrogen-bond acceptors (Lipinski definition) is 3. The maximum Gasteiger partial charge on any atom is 0.143 e. The van der Waals surface area contributed by atoms with E-state index in [1.807, 2.05) is 120 Å². The van der Waals surface area contributed by atoms with Crippen LogP contribution in [-0.2, 0) is 0 Å². The molecule has 0 amide bonds. The summed E-state index contributed by atoms with van der Waals surface area (Å²) in [6.45, 7) is 0. The number of nitrogens with zero attached hydrogens (tertiary/aromatic N) is 1. The average molecular weight is 682 g/mol. The average Bonchev–Trinajstić information content (AvgIpc) is 3.84. The van der Waals surface area contributed by atoms with Gasteiger partial charge in [-0.1, -0.05) is 127 Å². The van der Waals surface area contributed by atoms with Gasteiger partial charge in [-0.3, -0.25) is 0 Å². The minimum Gasteiger partial charge on any atom is -0.456 e.